The molecule has 0 saturated carbocycles. The molecule has 0 amide bonds. The van der Waals surface area contributed by atoms with Gasteiger partial charge in [0, 0.05) is 5.92 Å². The summed E-state index contributed by atoms with van der Waals surface area (Å²) in [6.45, 7) is 0. The van der Waals surface area contributed by atoms with Crippen LogP contribution in [0, 0.1) is 5.92 Å². The van der Waals surface area contributed by atoms with E-state index in [0.29, 0.717) is 6.42 Å². The Kier molecular flexibility index (Phi) is 2.15. The summed E-state index contributed by atoms with van der Waals surface area (Å²) in [6, 6.07) is 0. The maximum atomic E-state index is 10.9. The van der Waals surface area contributed by atoms with Crippen LogP contribution in [0.25, 0.3) is 0 Å². The highest BCUT2D eigenvalue weighted by molar-refractivity contribution is 5.73. The number of carbonyl (C=O) groups is 2. The van der Waals surface area contributed by atoms with Gasteiger partial charge in [0.15, 0.2) is 6.10 Å². The van der Waals surface area contributed by atoms with Crippen molar-refractivity contribution in [1.82, 2.24) is 0 Å². The Morgan fingerprint density at radius 2 is 2.36 bits per heavy atom. The predicted octanol–water partition coefficient (Wildman–Crippen LogP) is 0.639. The molecule has 0 aromatic carbocycles. The van der Waals surface area contributed by atoms with Crippen molar-refractivity contribution >= 4 is 12.1 Å². The van der Waals surface area contributed by atoms with E-state index in [2.05, 4.69) is 4.74 Å². The second-order valence-electron chi connectivity index (χ2n) is 3.24. The molecule has 1 saturated heterocycles. The van der Waals surface area contributed by atoms with Gasteiger partial charge in [-0.25, -0.2) is 4.79 Å². The third-order valence-corrected chi connectivity index (χ3v) is 2.36. The lowest BCUT2D eigenvalue weighted by molar-refractivity contribution is -0.144. The van der Waals surface area contributed by atoms with Crippen LogP contribution in [0.3, 0.4) is 0 Å². The number of carbonyl (C=O) groups excluding carboxylic acids is 2. The molecule has 2 aliphatic rings. The Morgan fingerprint density at radius 1 is 1.57 bits per heavy atom. The second-order valence-corrected chi connectivity index (χ2v) is 3.24. The van der Waals surface area contributed by atoms with Crippen molar-refractivity contribution in [3.63, 3.8) is 0 Å². The first-order valence-electron chi connectivity index (χ1n) is 4.33. The molecule has 3 atom stereocenters. The molecule has 5 nitrogen and oxygen atoms in total. The lowest BCUT2D eigenvalue weighted by Crippen LogP contribution is -2.29. The van der Waals surface area contributed by atoms with Crippen molar-refractivity contribution in [2.24, 2.45) is 5.92 Å². The summed E-state index contributed by atoms with van der Waals surface area (Å²) in [5.41, 5.74) is 0. The van der Waals surface area contributed by atoms with Crippen LogP contribution in [-0.2, 0) is 19.0 Å². The number of methoxy groups -OCH3 is 1. The highest BCUT2D eigenvalue weighted by Gasteiger charge is 2.43. The van der Waals surface area contributed by atoms with Crippen molar-refractivity contribution < 1.29 is 23.8 Å². The zero-order chi connectivity index (χ0) is 10.1. The van der Waals surface area contributed by atoms with E-state index in [1.807, 2.05) is 6.08 Å². The number of fused-ring (bicyclic) bond motifs is 1. The van der Waals surface area contributed by atoms with Crippen LogP contribution in [0.4, 0.5) is 4.79 Å². The van der Waals surface area contributed by atoms with Gasteiger partial charge in [0.1, 0.15) is 6.10 Å². The molecule has 0 spiro atoms. The summed E-state index contributed by atoms with van der Waals surface area (Å²) in [4.78, 5) is 21.7. The van der Waals surface area contributed by atoms with E-state index in [-0.39, 0.29) is 18.0 Å². The second kappa shape index (κ2) is 3.32. The van der Waals surface area contributed by atoms with Crippen molar-refractivity contribution in [2.75, 3.05) is 7.11 Å². The Hall–Kier alpha value is -1.52. The molecule has 3 unspecified atom stereocenters. The first-order chi connectivity index (χ1) is 6.70. The van der Waals surface area contributed by atoms with E-state index >= 15 is 0 Å². The van der Waals surface area contributed by atoms with E-state index in [4.69, 9.17) is 9.47 Å². The van der Waals surface area contributed by atoms with Crippen LogP contribution in [0.2, 0.25) is 0 Å². The average Bonchev–Trinajstić information content (AvgIpc) is 2.67. The molecule has 0 aromatic rings. The molecule has 5 heteroatoms. The molecule has 1 aliphatic heterocycles. The zero-order valence-electron chi connectivity index (χ0n) is 7.64. The Balaban J connectivity index is 1.99. The Morgan fingerprint density at radius 3 is 3.07 bits per heavy atom. The van der Waals surface area contributed by atoms with E-state index in [0.717, 1.165) is 0 Å². The van der Waals surface area contributed by atoms with Crippen molar-refractivity contribution in [3.8, 4) is 0 Å². The lowest BCUT2D eigenvalue weighted by atomic mass is 10.1. The number of ether oxygens (including phenoxy) is 3. The summed E-state index contributed by atoms with van der Waals surface area (Å²) in [7, 11) is 1.24. The third-order valence-electron chi connectivity index (χ3n) is 2.36. The first kappa shape index (κ1) is 9.05. The number of hydrogen-bond donors (Lipinski definition) is 0. The van der Waals surface area contributed by atoms with Gasteiger partial charge in [0.2, 0.25) is 0 Å². The van der Waals surface area contributed by atoms with Crippen LogP contribution in [0.5, 0.6) is 0 Å². The van der Waals surface area contributed by atoms with Gasteiger partial charge in [-0.1, -0.05) is 6.08 Å². The molecular weight excluding hydrogens is 188 g/mol. The van der Waals surface area contributed by atoms with Gasteiger partial charge in [-0.3, -0.25) is 4.79 Å². The van der Waals surface area contributed by atoms with Gasteiger partial charge in [0.05, 0.1) is 13.5 Å². The first-order valence-corrected chi connectivity index (χ1v) is 4.33. The summed E-state index contributed by atoms with van der Waals surface area (Å²) < 4.78 is 14.3. The lowest BCUT2D eigenvalue weighted by Gasteiger charge is -2.16. The summed E-state index contributed by atoms with van der Waals surface area (Å²) in [5, 5.41) is 0. The van der Waals surface area contributed by atoms with E-state index in [1.54, 1.807) is 6.08 Å². The SMILES string of the molecule is COC(=O)OC1C=CC2CC(=O)OC21. The molecular formula is C9H10O5. The van der Waals surface area contributed by atoms with Crippen molar-refractivity contribution in [1.29, 1.82) is 0 Å². The standard InChI is InChI=1S/C9H10O5/c1-12-9(11)13-6-3-2-5-4-7(10)14-8(5)6/h2-3,5-6,8H,4H2,1H3. The fourth-order valence-corrected chi connectivity index (χ4v) is 1.71. The Bertz CT molecular complexity index is 296. The summed E-state index contributed by atoms with van der Waals surface area (Å²) in [5.74, 6) is -0.208. The van der Waals surface area contributed by atoms with Crippen LogP contribution < -0.4 is 0 Å². The molecule has 14 heavy (non-hydrogen) atoms. The van der Waals surface area contributed by atoms with E-state index in [1.165, 1.54) is 7.11 Å². The fourth-order valence-electron chi connectivity index (χ4n) is 1.71. The quantitative estimate of drug-likeness (QED) is 0.457. The monoisotopic (exact) mass is 198 g/mol. The smallest absolute Gasteiger partial charge is 0.457 e. The molecule has 0 radical (unpaired) electrons. The molecule has 0 N–H and O–H groups in total. The molecule has 0 aromatic heterocycles. The number of rotatable bonds is 1. The topological polar surface area (TPSA) is 61.8 Å². The van der Waals surface area contributed by atoms with Crippen molar-refractivity contribution in [3.05, 3.63) is 12.2 Å². The van der Waals surface area contributed by atoms with E-state index < -0.39 is 12.3 Å². The van der Waals surface area contributed by atoms with Gasteiger partial charge < -0.3 is 14.2 Å². The van der Waals surface area contributed by atoms with E-state index in [9.17, 15) is 9.59 Å². The minimum Gasteiger partial charge on any atom is -0.457 e. The average molecular weight is 198 g/mol. The normalized spacial score (nSPS) is 33.8. The van der Waals surface area contributed by atoms with Crippen LogP contribution in [-0.4, -0.2) is 31.4 Å². The molecule has 76 valence electrons. The fraction of sp³-hybridized carbons (Fsp3) is 0.556. The highest BCUT2D eigenvalue weighted by Crippen LogP contribution is 2.33. The molecule has 1 fully saturated rings. The highest BCUT2D eigenvalue weighted by atomic mass is 16.7. The third kappa shape index (κ3) is 1.45. The van der Waals surface area contributed by atoms with Gasteiger partial charge in [0.25, 0.3) is 0 Å². The van der Waals surface area contributed by atoms with Gasteiger partial charge in [-0.15, -0.1) is 0 Å². The zero-order valence-corrected chi connectivity index (χ0v) is 7.64. The molecule has 1 aliphatic carbocycles. The maximum absolute atomic E-state index is 10.9. The van der Waals surface area contributed by atoms with Gasteiger partial charge in [-0.05, 0) is 6.08 Å². The van der Waals surface area contributed by atoms with Gasteiger partial charge >= 0.3 is 12.1 Å². The van der Waals surface area contributed by atoms with Crippen molar-refractivity contribution in [2.45, 2.75) is 18.6 Å². The summed E-state index contributed by atoms with van der Waals surface area (Å²) in [6.07, 6.45) is 2.30. The summed E-state index contributed by atoms with van der Waals surface area (Å²) >= 11 is 0. The largest absolute Gasteiger partial charge is 0.508 e. The predicted molar refractivity (Wildman–Crippen MR) is 44.4 cm³/mol. The number of esters is 1. The minimum atomic E-state index is -0.761. The molecule has 1 heterocycles. The van der Waals surface area contributed by atoms with Crippen LogP contribution in [0.1, 0.15) is 6.42 Å². The van der Waals surface area contributed by atoms with Gasteiger partial charge in [-0.2, -0.15) is 0 Å². The number of hydrogen-bond acceptors (Lipinski definition) is 5. The van der Waals surface area contributed by atoms with Crippen LogP contribution in [0.15, 0.2) is 12.2 Å². The Labute approximate surface area is 80.6 Å². The minimum absolute atomic E-state index is 0.0390. The van der Waals surface area contributed by atoms with Crippen LogP contribution >= 0.6 is 0 Å². The maximum Gasteiger partial charge on any atom is 0.508 e. The molecule has 0 bridgehead atoms. The molecule has 2 rings (SSSR count).